The number of hydrogen-bond donors (Lipinski definition) is 2. The number of rotatable bonds is 5. The number of benzene rings is 1. The van der Waals surface area contributed by atoms with Gasteiger partial charge in [-0.3, -0.25) is 9.97 Å². The van der Waals surface area contributed by atoms with E-state index in [9.17, 15) is 4.79 Å². The van der Waals surface area contributed by atoms with Gasteiger partial charge in [0.15, 0.2) is 0 Å². The third-order valence-corrected chi connectivity index (χ3v) is 4.92. The third-order valence-electron chi connectivity index (χ3n) is 4.92. The smallest absolute Gasteiger partial charge is 0.319 e. The van der Waals surface area contributed by atoms with Gasteiger partial charge in [-0.15, -0.1) is 0 Å². The standard InChI is InChI=1S/C21H22N4O/c1-2-24-21(26)25-19-13-23-11-9-17(19)20(15-6-7-15)16-5-3-4-14-8-10-22-12-18(14)16/h3-5,8-13,15,20H,2,6-7H2,1H3,(H2,24,25,26). The van der Waals surface area contributed by atoms with Crippen molar-refractivity contribution in [1.29, 1.82) is 0 Å². The third kappa shape index (κ3) is 3.25. The molecule has 1 fully saturated rings. The second-order valence-electron chi connectivity index (χ2n) is 6.71. The van der Waals surface area contributed by atoms with Crippen LogP contribution in [0.4, 0.5) is 10.5 Å². The summed E-state index contributed by atoms with van der Waals surface area (Å²) in [6.45, 7) is 2.49. The Morgan fingerprint density at radius 1 is 1.12 bits per heavy atom. The van der Waals surface area contributed by atoms with E-state index >= 15 is 0 Å². The fourth-order valence-corrected chi connectivity index (χ4v) is 3.62. The first-order valence-corrected chi connectivity index (χ1v) is 9.09. The predicted octanol–water partition coefficient (Wildman–Crippen LogP) is 4.31. The van der Waals surface area contributed by atoms with Crippen LogP contribution in [0.15, 0.2) is 55.1 Å². The average Bonchev–Trinajstić information content (AvgIpc) is 3.49. The molecule has 1 aliphatic carbocycles. The second kappa shape index (κ2) is 7.12. The van der Waals surface area contributed by atoms with Gasteiger partial charge in [0.2, 0.25) is 0 Å². The highest BCUT2D eigenvalue weighted by Crippen LogP contribution is 2.49. The van der Waals surface area contributed by atoms with Crippen LogP contribution >= 0.6 is 0 Å². The molecule has 2 amide bonds. The lowest BCUT2D eigenvalue weighted by molar-refractivity contribution is 0.252. The second-order valence-corrected chi connectivity index (χ2v) is 6.71. The van der Waals surface area contributed by atoms with Crippen LogP contribution in [0.1, 0.15) is 36.8 Å². The van der Waals surface area contributed by atoms with E-state index in [1.807, 2.05) is 31.5 Å². The first-order valence-electron chi connectivity index (χ1n) is 9.09. The summed E-state index contributed by atoms with van der Waals surface area (Å²) in [5, 5.41) is 8.11. The summed E-state index contributed by atoms with van der Waals surface area (Å²) in [5.41, 5.74) is 3.16. The molecule has 2 aromatic heterocycles. The van der Waals surface area contributed by atoms with Crippen LogP contribution in [0, 0.1) is 5.92 Å². The number of fused-ring (bicyclic) bond motifs is 1. The molecule has 0 spiro atoms. The molecule has 2 heterocycles. The minimum absolute atomic E-state index is 0.198. The van der Waals surface area contributed by atoms with Crippen molar-refractivity contribution < 1.29 is 4.79 Å². The van der Waals surface area contributed by atoms with E-state index in [2.05, 4.69) is 38.8 Å². The maximum absolute atomic E-state index is 12.1. The Bertz CT molecular complexity index is 931. The molecule has 0 saturated heterocycles. The number of nitrogens with zero attached hydrogens (tertiary/aromatic N) is 2. The number of aromatic nitrogens is 2. The Kier molecular flexibility index (Phi) is 4.52. The van der Waals surface area contributed by atoms with E-state index in [1.54, 1.807) is 12.4 Å². The van der Waals surface area contributed by atoms with Crippen molar-refractivity contribution >= 4 is 22.5 Å². The number of anilines is 1. The number of hydrogen-bond acceptors (Lipinski definition) is 3. The summed E-state index contributed by atoms with van der Waals surface area (Å²) in [7, 11) is 0. The molecule has 4 rings (SSSR count). The lowest BCUT2D eigenvalue weighted by Gasteiger charge is -2.22. The van der Waals surface area contributed by atoms with Crippen LogP contribution in [0.5, 0.6) is 0 Å². The van der Waals surface area contributed by atoms with Gasteiger partial charge >= 0.3 is 6.03 Å². The van der Waals surface area contributed by atoms with Gasteiger partial charge in [-0.1, -0.05) is 18.2 Å². The van der Waals surface area contributed by atoms with Crippen LogP contribution in [-0.2, 0) is 0 Å². The van der Waals surface area contributed by atoms with Gasteiger partial charge in [0.25, 0.3) is 0 Å². The minimum Gasteiger partial charge on any atom is -0.338 e. The fourth-order valence-electron chi connectivity index (χ4n) is 3.62. The lowest BCUT2D eigenvalue weighted by Crippen LogP contribution is -2.29. The quantitative estimate of drug-likeness (QED) is 0.723. The highest BCUT2D eigenvalue weighted by molar-refractivity contribution is 5.91. The molecule has 5 heteroatoms. The first-order chi connectivity index (χ1) is 12.8. The van der Waals surface area contributed by atoms with Crippen molar-refractivity contribution in [2.24, 2.45) is 5.92 Å². The molecule has 0 radical (unpaired) electrons. The van der Waals surface area contributed by atoms with Crippen molar-refractivity contribution in [3.05, 3.63) is 66.2 Å². The molecule has 1 saturated carbocycles. The summed E-state index contributed by atoms with van der Waals surface area (Å²) in [6, 6.07) is 10.3. The monoisotopic (exact) mass is 346 g/mol. The molecule has 5 nitrogen and oxygen atoms in total. The summed E-state index contributed by atoms with van der Waals surface area (Å²) in [4.78, 5) is 20.6. The van der Waals surface area contributed by atoms with E-state index in [-0.39, 0.29) is 11.9 Å². The number of carbonyl (C=O) groups is 1. The lowest BCUT2D eigenvalue weighted by atomic mass is 9.84. The van der Waals surface area contributed by atoms with Crippen molar-refractivity contribution in [2.75, 3.05) is 11.9 Å². The molecule has 2 N–H and O–H groups in total. The fraction of sp³-hybridized carbons (Fsp3) is 0.286. The maximum Gasteiger partial charge on any atom is 0.319 e. The zero-order valence-electron chi connectivity index (χ0n) is 14.8. The molecule has 1 atom stereocenters. The largest absolute Gasteiger partial charge is 0.338 e. The van der Waals surface area contributed by atoms with Gasteiger partial charge in [0, 0.05) is 36.4 Å². The maximum atomic E-state index is 12.1. The van der Waals surface area contributed by atoms with Crippen LogP contribution in [-0.4, -0.2) is 22.5 Å². The number of nitrogens with one attached hydrogen (secondary N) is 2. The van der Waals surface area contributed by atoms with Crippen molar-refractivity contribution in [1.82, 2.24) is 15.3 Å². The van der Waals surface area contributed by atoms with E-state index in [0.717, 1.165) is 11.3 Å². The molecule has 1 aliphatic rings. The van der Waals surface area contributed by atoms with Crippen LogP contribution in [0.25, 0.3) is 10.8 Å². The molecule has 0 bridgehead atoms. The molecular formula is C21H22N4O. The van der Waals surface area contributed by atoms with Crippen LogP contribution in [0.2, 0.25) is 0 Å². The summed E-state index contributed by atoms with van der Waals surface area (Å²) in [6.07, 6.45) is 9.71. The van der Waals surface area contributed by atoms with Crippen molar-refractivity contribution in [2.45, 2.75) is 25.7 Å². The van der Waals surface area contributed by atoms with Gasteiger partial charge in [0.1, 0.15) is 0 Å². The average molecular weight is 346 g/mol. The zero-order chi connectivity index (χ0) is 17.9. The Morgan fingerprint density at radius 3 is 2.73 bits per heavy atom. The molecular weight excluding hydrogens is 324 g/mol. The zero-order valence-corrected chi connectivity index (χ0v) is 14.8. The van der Waals surface area contributed by atoms with E-state index in [4.69, 9.17) is 0 Å². The Labute approximate surface area is 152 Å². The highest BCUT2D eigenvalue weighted by Gasteiger charge is 2.35. The van der Waals surface area contributed by atoms with Gasteiger partial charge < -0.3 is 10.6 Å². The molecule has 132 valence electrons. The minimum atomic E-state index is -0.198. The SMILES string of the molecule is CCNC(=O)Nc1cnccc1C(c1cccc2ccncc12)C1CC1. The Balaban J connectivity index is 1.80. The van der Waals surface area contributed by atoms with E-state index in [0.29, 0.717) is 12.5 Å². The van der Waals surface area contributed by atoms with Gasteiger partial charge in [-0.05, 0) is 54.3 Å². The normalized spacial score (nSPS) is 14.8. The molecule has 0 aliphatic heterocycles. The summed E-state index contributed by atoms with van der Waals surface area (Å²) >= 11 is 0. The number of carbonyl (C=O) groups excluding carboxylic acids is 1. The molecule has 26 heavy (non-hydrogen) atoms. The van der Waals surface area contributed by atoms with Gasteiger partial charge in [0.05, 0.1) is 11.9 Å². The van der Waals surface area contributed by atoms with Crippen molar-refractivity contribution in [3.8, 4) is 0 Å². The molecule has 1 unspecified atom stereocenters. The first kappa shape index (κ1) is 16.5. The number of amides is 2. The summed E-state index contributed by atoms with van der Waals surface area (Å²) < 4.78 is 0. The Morgan fingerprint density at radius 2 is 1.92 bits per heavy atom. The predicted molar refractivity (Wildman–Crippen MR) is 103 cm³/mol. The van der Waals surface area contributed by atoms with Gasteiger partial charge in [-0.2, -0.15) is 0 Å². The van der Waals surface area contributed by atoms with Gasteiger partial charge in [-0.25, -0.2) is 4.79 Å². The summed E-state index contributed by atoms with van der Waals surface area (Å²) in [5.74, 6) is 0.806. The number of urea groups is 1. The Hall–Kier alpha value is -2.95. The number of pyridine rings is 2. The van der Waals surface area contributed by atoms with Crippen LogP contribution < -0.4 is 10.6 Å². The van der Waals surface area contributed by atoms with Crippen LogP contribution in [0.3, 0.4) is 0 Å². The topological polar surface area (TPSA) is 66.9 Å². The van der Waals surface area contributed by atoms with Crippen molar-refractivity contribution in [3.63, 3.8) is 0 Å². The molecule has 1 aromatic carbocycles. The highest BCUT2D eigenvalue weighted by atomic mass is 16.2. The molecule has 3 aromatic rings. The van der Waals surface area contributed by atoms with E-state index < -0.39 is 0 Å². The van der Waals surface area contributed by atoms with E-state index in [1.165, 1.54) is 29.2 Å².